The van der Waals surface area contributed by atoms with Crippen LogP contribution in [0.3, 0.4) is 0 Å². The van der Waals surface area contributed by atoms with E-state index in [0.717, 1.165) is 18.7 Å². The van der Waals surface area contributed by atoms with Crippen LogP contribution in [0.4, 0.5) is 0 Å². The molecule has 1 aromatic carbocycles. The highest BCUT2D eigenvalue weighted by Gasteiger charge is 2.19. The first-order chi connectivity index (χ1) is 8.76. The van der Waals surface area contributed by atoms with E-state index in [-0.39, 0.29) is 5.91 Å². The molecule has 0 aliphatic carbocycles. The molecule has 1 aliphatic heterocycles. The number of rotatable bonds is 4. The average molecular weight is 281 g/mol. The molecule has 1 heterocycles. The van der Waals surface area contributed by atoms with E-state index in [0.29, 0.717) is 4.58 Å². The third-order valence-corrected chi connectivity index (χ3v) is 6.21. The molecule has 1 aromatic rings. The van der Waals surface area contributed by atoms with Crippen molar-refractivity contribution in [2.24, 2.45) is 0 Å². The molecule has 4 heteroatoms. The Balaban J connectivity index is 2.09. The smallest absolute Gasteiger partial charge is 0.253 e. The van der Waals surface area contributed by atoms with Gasteiger partial charge >= 0.3 is 0 Å². The molecule has 0 N–H and O–H groups in total. The first kappa shape index (κ1) is 13.8. The molecule has 0 aromatic heterocycles. The number of amides is 1. The molecular formula is C14H19NOS2. The largest absolute Gasteiger partial charge is 0.339 e. The van der Waals surface area contributed by atoms with E-state index >= 15 is 0 Å². The topological polar surface area (TPSA) is 20.3 Å². The monoisotopic (exact) mass is 281 g/mol. The van der Waals surface area contributed by atoms with Gasteiger partial charge in [0.25, 0.3) is 5.91 Å². The van der Waals surface area contributed by atoms with Crippen LogP contribution in [0.25, 0.3) is 0 Å². The van der Waals surface area contributed by atoms with Gasteiger partial charge in [0, 0.05) is 30.2 Å². The second kappa shape index (κ2) is 6.53. The van der Waals surface area contributed by atoms with Gasteiger partial charge < -0.3 is 4.90 Å². The number of carbonyl (C=O) groups is 1. The molecule has 0 bridgehead atoms. The summed E-state index contributed by atoms with van der Waals surface area (Å²) in [6.45, 7) is 5.57. The van der Waals surface area contributed by atoms with Crippen LogP contribution in [0.2, 0.25) is 0 Å². The van der Waals surface area contributed by atoms with Crippen molar-refractivity contribution in [3.63, 3.8) is 0 Å². The molecule has 0 spiro atoms. The Morgan fingerprint density at radius 1 is 1.17 bits per heavy atom. The molecular weight excluding hydrogens is 262 g/mol. The van der Waals surface area contributed by atoms with E-state index in [1.165, 1.54) is 17.1 Å². The molecule has 1 fully saturated rings. The van der Waals surface area contributed by atoms with Crippen molar-refractivity contribution in [2.75, 3.05) is 24.6 Å². The minimum absolute atomic E-state index is 0.137. The molecule has 1 amide bonds. The Hall–Kier alpha value is -0.610. The summed E-state index contributed by atoms with van der Waals surface area (Å²) in [4.78, 5) is 14.0. The van der Waals surface area contributed by atoms with E-state index < -0.39 is 0 Å². The van der Waals surface area contributed by atoms with E-state index in [9.17, 15) is 4.79 Å². The second-order valence-electron chi connectivity index (χ2n) is 4.17. The molecule has 1 aliphatic rings. The normalized spacial score (nSPS) is 15.9. The van der Waals surface area contributed by atoms with Crippen molar-refractivity contribution in [1.82, 2.24) is 4.90 Å². The Labute approximate surface area is 118 Å². The van der Waals surface area contributed by atoms with Crippen molar-refractivity contribution in [3.8, 4) is 0 Å². The number of nitrogens with zero attached hydrogens (tertiary/aromatic N) is 1. The summed E-state index contributed by atoms with van der Waals surface area (Å²) in [5, 5.41) is 0. The number of benzene rings is 1. The van der Waals surface area contributed by atoms with Gasteiger partial charge in [-0.25, -0.2) is 0 Å². The first-order valence-electron chi connectivity index (χ1n) is 6.38. The van der Waals surface area contributed by atoms with Crippen LogP contribution < -0.4 is 0 Å². The zero-order valence-electron chi connectivity index (χ0n) is 10.9. The molecule has 18 heavy (non-hydrogen) atoms. The SMILES string of the molecule is CCN(CC)C(=O)c1ccc(C2SCCS2)cc1. The van der Waals surface area contributed by atoms with Crippen molar-refractivity contribution in [1.29, 1.82) is 0 Å². The Morgan fingerprint density at radius 3 is 2.22 bits per heavy atom. The summed E-state index contributed by atoms with van der Waals surface area (Å²) in [5.74, 6) is 2.60. The molecule has 1 saturated heterocycles. The third-order valence-electron chi connectivity index (χ3n) is 3.10. The number of thioether (sulfide) groups is 2. The van der Waals surface area contributed by atoms with Gasteiger partial charge in [-0.3, -0.25) is 4.79 Å². The lowest BCUT2D eigenvalue weighted by Gasteiger charge is -2.19. The van der Waals surface area contributed by atoms with E-state index in [1.54, 1.807) is 0 Å². The zero-order chi connectivity index (χ0) is 13.0. The Kier molecular flexibility index (Phi) is 5.01. The fourth-order valence-electron chi connectivity index (χ4n) is 2.03. The van der Waals surface area contributed by atoms with Gasteiger partial charge in [-0.2, -0.15) is 0 Å². The summed E-state index contributed by atoms with van der Waals surface area (Å²) in [6, 6.07) is 8.14. The van der Waals surface area contributed by atoms with Crippen LogP contribution in [0.1, 0.15) is 34.4 Å². The fourth-order valence-corrected chi connectivity index (χ4v) is 4.89. The van der Waals surface area contributed by atoms with Gasteiger partial charge in [0.15, 0.2) is 0 Å². The first-order valence-corrected chi connectivity index (χ1v) is 8.48. The summed E-state index contributed by atoms with van der Waals surface area (Å²) < 4.78 is 0.558. The molecule has 0 unspecified atom stereocenters. The van der Waals surface area contributed by atoms with Crippen LogP contribution in [0.15, 0.2) is 24.3 Å². The van der Waals surface area contributed by atoms with Crippen LogP contribution in [0, 0.1) is 0 Å². The van der Waals surface area contributed by atoms with E-state index in [1.807, 2.05) is 54.4 Å². The number of carbonyl (C=O) groups excluding carboxylic acids is 1. The van der Waals surface area contributed by atoms with Crippen molar-refractivity contribution < 1.29 is 4.79 Å². The highest BCUT2D eigenvalue weighted by Crippen LogP contribution is 2.45. The Bertz CT molecular complexity index is 395. The predicted molar refractivity (Wildman–Crippen MR) is 81.4 cm³/mol. The maximum absolute atomic E-state index is 12.2. The van der Waals surface area contributed by atoms with Gasteiger partial charge in [0.05, 0.1) is 4.58 Å². The molecule has 2 nitrogen and oxygen atoms in total. The lowest BCUT2D eigenvalue weighted by atomic mass is 10.1. The van der Waals surface area contributed by atoms with Gasteiger partial charge in [-0.1, -0.05) is 12.1 Å². The lowest BCUT2D eigenvalue weighted by Crippen LogP contribution is -2.30. The summed E-state index contributed by atoms with van der Waals surface area (Å²) in [6.07, 6.45) is 0. The van der Waals surface area contributed by atoms with Crippen LogP contribution in [-0.4, -0.2) is 35.4 Å². The quantitative estimate of drug-likeness (QED) is 0.840. The maximum Gasteiger partial charge on any atom is 0.253 e. The number of hydrogen-bond acceptors (Lipinski definition) is 3. The second-order valence-corrected chi connectivity index (χ2v) is 6.90. The third kappa shape index (κ3) is 3.04. The minimum atomic E-state index is 0.137. The summed E-state index contributed by atoms with van der Waals surface area (Å²) in [5.41, 5.74) is 2.13. The van der Waals surface area contributed by atoms with Crippen LogP contribution in [-0.2, 0) is 0 Å². The maximum atomic E-state index is 12.2. The standard InChI is InChI=1S/C14H19NOS2/c1-3-15(4-2)13(16)11-5-7-12(8-6-11)14-17-9-10-18-14/h5-8,14H,3-4,9-10H2,1-2H3. The van der Waals surface area contributed by atoms with E-state index in [4.69, 9.17) is 0 Å². The van der Waals surface area contributed by atoms with Crippen molar-refractivity contribution in [3.05, 3.63) is 35.4 Å². The lowest BCUT2D eigenvalue weighted by molar-refractivity contribution is 0.0773. The highest BCUT2D eigenvalue weighted by molar-refractivity contribution is 8.19. The molecule has 2 rings (SSSR count). The minimum Gasteiger partial charge on any atom is -0.339 e. The fraction of sp³-hybridized carbons (Fsp3) is 0.500. The summed E-state index contributed by atoms with van der Waals surface area (Å²) in [7, 11) is 0. The van der Waals surface area contributed by atoms with Gasteiger partial charge in [0.2, 0.25) is 0 Å². The average Bonchev–Trinajstić information content (AvgIpc) is 2.94. The Morgan fingerprint density at radius 2 is 1.72 bits per heavy atom. The van der Waals surface area contributed by atoms with Gasteiger partial charge in [0.1, 0.15) is 0 Å². The van der Waals surface area contributed by atoms with Crippen molar-refractivity contribution in [2.45, 2.75) is 18.4 Å². The summed E-state index contributed by atoms with van der Waals surface area (Å²) >= 11 is 3.99. The molecule has 98 valence electrons. The van der Waals surface area contributed by atoms with E-state index in [2.05, 4.69) is 12.1 Å². The molecule has 0 atom stereocenters. The van der Waals surface area contributed by atoms with Crippen LogP contribution in [0.5, 0.6) is 0 Å². The van der Waals surface area contributed by atoms with Crippen LogP contribution >= 0.6 is 23.5 Å². The highest BCUT2D eigenvalue weighted by atomic mass is 32.2. The van der Waals surface area contributed by atoms with Crippen molar-refractivity contribution >= 4 is 29.4 Å². The molecule has 0 radical (unpaired) electrons. The molecule has 0 saturated carbocycles. The van der Waals surface area contributed by atoms with Gasteiger partial charge in [-0.15, -0.1) is 23.5 Å². The number of hydrogen-bond donors (Lipinski definition) is 0. The van der Waals surface area contributed by atoms with Gasteiger partial charge in [-0.05, 0) is 31.5 Å². The predicted octanol–water partition coefficient (Wildman–Crippen LogP) is 3.65. The zero-order valence-corrected chi connectivity index (χ0v) is 12.5.